The topological polar surface area (TPSA) is 20.3 Å². The maximum Gasteiger partial charge on any atom is 0.223 e. The first-order valence-corrected chi connectivity index (χ1v) is 8.99. The Morgan fingerprint density at radius 1 is 1.29 bits per heavy atom. The Labute approximate surface area is 137 Å². The van der Waals surface area contributed by atoms with E-state index in [-0.39, 0.29) is 5.91 Å². The molecule has 1 aromatic carbocycles. The molecule has 1 aliphatic rings. The van der Waals surface area contributed by atoms with Gasteiger partial charge in [-0.2, -0.15) is 0 Å². The minimum absolute atomic E-state index is 0.279. The van der Waals surface area contributed by atoms with Gasteiger partial charge < -0.3 is 4.90 Å². The summed E-state index contributed by atoms with van der Waals surface area (Å²) >= 11 is 5.31. The monoisotopic (exact) mass is 363 g/mol. The van der Waals surface area contributed by atoms with E-state index in [0.29, 0.717) is 12.5 Å². The van der Waals surface area contributed by atoms with E-state index in [9.17, 15) is 4.79 Å². The molecule has 3 rings (SSSR count). The Morgan fingerprint density at radius 3 is 2.90 bits per heavy atom. The highest BCUT2D eigenvalue weighted by atomic mass is 79.9. The molecule has 1 fully saturated rings. The first-order chi connectivity index (χ1) is 10.3. The van der Waals surface area contributed by atoms with E-state index < -0.39 is 0 Å². The Hall–Kier alpha value is -1.13. The van der Waals surface area contributed by atoms with E-state index in [0.717, 1.165) is 30.3 Å². The summed E-state index contributed by atoms with van der Waals surface area (Å²) in [5.74, 6) is 0.279. The molecule has 2 nitrogen and oxygen atoms in total. The summed E-state index contributed by atoms with van der Waals surface area (Å²) in [5, 5.41) is 2.09. The molecule has 0 bridgehead atoms. The van der Waals surface area contributed by atoms with Crippen LogP contribution in [0.1, 0.15) is 35.7 Å². The molecule has 2 aromatic rings. The Balaban J connectivity index is 1.64. The van der Waals surface area contributed by atoms with E-state index in [2.05, 4.69) is 44.4 Å². The quantitative estimate of drug-likeness (QED) is 0.763. The van der Waals surface area contributed by atoms with Crippen molar-refractivity contribution in [2.24, 2.45) is 0 Å². The van der Waals surface area contributed by atoms with Crippen LogP contribution in [0.2, 0.25) is 0 Å². The number of nitrogens with zero attached hydrogens (tertiary/aromatic N) is 1. The molecule has 1 atom stereocenters. The number of aryl methyl sites for hydroxylation is 1. The maximum absolute atomic E-state index is 12.6. The summed E-state index contributed by atoms with van der Waals surface area (Å²) in [6.45, 7) is 0.900. The zero-order valence-corrected chi connectivity index (χ0v) is 14.2. The van der Waals surface area contributed by atoms with Crippen LogP contribution < -0.4 is 0 Å². The van der Waals surface area contributed by atoms with Crippen LogP contribution in [0, 0.1) is 0 Å². The Bertz CT molecular complexity index is 611. The van der Waals surface area contributed by atoms with Crippen LogP contribution in [0.25, 0.3) is 0 Å². The summed E-state index contributed by atoms with van der Waals surface area (Å²) in [5.41, 5.74) is 1.21. The molecule has 1 aromatic heterocycles. The fraction of sp³-hybridized carbons (Fsp3) is 0.353. The van der Waals surface area contributed by atoms with Gasteiger partial charge in [-0.05, 0) is 42.3 Å². The van der Waals surface area contributed by atoms with Gasteiger partial charge in [-0.25, -0.2) is 0 Å². The van der Waals surface area contributed by atoms with Crippen LogP contribution in [0.5, 0.6) is 0 Å². The lowest BCUT2D eigenvalue weighted by Gasteiger charge is -2.24. The molecular weight excluding hydrogens is 346 g/mol. The van der Waals surface area contributed by atoms with Gasteiger partial charge in [0.1, 0.15) is 0 Å². The number of hydrogen-bond acceptors (Lipinski definition) is 2. The van der Waals surface area contributed by atoms with Gasteiger partial charge in [-0.3, -0.25) is 4.79 Å². The summed E-state index contributed by atoms with van der Waals surface area (Å²) in [6.07, 6.45) is 3.60. The van der Waals surface area contributed by atoms with Crippen molar-refractivity contribution >= 4 is 33.2 Å². The first kappa shape index (κ1) is 14.8. The second-order valence-corrected chi connectivity index (χ2v) is 7.19. The minimum atomic E-state index is 0.279. The van der Waals surface area contributed by atoms with Gasteiger partial charge in [0.15, 0.2) is 0 Å². The number of likely N-dealkylation sites (tertiary alicyclic amines) is 1. The lowest BCUT2D eigenvalue weighted by Crippen LogP contribution is -2.30. The number of hydrogen-bond donors (Lipinski definition) is 0. The van der Waals surface area contributed by atoms with Crippen molar-refractivity contribution in [1.82, 2.24) is 4.90 Å². The van der Waals surface area contributed by atoms with Crippen molar-refractivity contribution in [3.05, 3.63) is 56.7 Å². The van der Waals surface area contributed by atoms with Crippen molar-refractivity contribution in [3.63, 3.8) is 0 Å². The molecule has 0 spiro atoms. The highest BCUT2D eigenvalue weighted by molar-refractivity contribution is 9.10. The minimum Gasteiger partial charge on any atom is -0.335 e. The van der Waals surface area contributed by atoms with Crippen LogP contribution >= 0.6 is 27.3 Å². The average molecular weight is 364 g/mol. The Morgan fingerprint density at radius 2 is 2.14 bits per heavy atom. The molecule has 21 heavy (non-hydrogen) atoms. The molecular formula is C17H18BrNOS. The highest BCUT2D eigenvalue weighted by Gasteiger charge is 2.30. The summed E-state index contributed by atoms with van der Waals surface area (Å²) in [7, 11) is 0. The van der Waals surface area contributed by atoms with Crippen LogP contribution in [-0.2, 0) is 11.2 Å². The zero-order chi connectivity index (χ0) is 14.7. The predicted molar refractivity (Wildman–Crippen MR) is 90.5 cm³/mol. The van der Waals surface area contributed by atoms with Crippen molar-refractivity contribution in [2.45, 2.75) is 31.7 Å². The molecule has 1 saturated heterocycles. The van der Waals surface area contributed by atoms with E-state index in [1.54, 1.807) is 11.3 Å². The van der Waals surface area contributed by atoms with Crippen LogP contribution in [0.15, 0.2) is 46.3 Å². The molecule has 110 valence electrons. The summed E-state index contributed by atoms with van der Waals surface area (Å²) < 4.78 is 1.09. The van der Waals surface area contributed by atoms with Gasteiger partial charge in [0.05, 0.1) is 6.04 Å². The second-order valence-electron chi connectivity index (χ2n) is 5.35. The number of benzene rings is 1. The molecule has 0 aliphatic carbocycles. The second kappa shape index (κ2) is 6.75. The van der Waals surface area contributed by atoms with Gasteiger partial charge in [-0.15, -0.1) is 11.3 Å². The number of amides is 1. The molecule has 0 N–H and O–H groups in total. The molecule has 1 amide bonds. The average Bonchev–Trinajstić information content (AvgIpc) is 3.16. The fourth-order valence-corrected chi connectivity index (χ4v) is 4.28. The summed E-state index contributed by atoms with van der Waals surface area (Å²) in [4.78, 5) is 15.9. The number of thiophene rings is 1. The van der Waals surface area contributed by atoms with Crippen LogP contribution in [-0.4, -0.2) is 17.4 Å². The Kier molecular flexibility index (Phi) is 4.76. The highest BCUT2D eigenvalue weighted by Crippen LogP contribution is 2.35. The van der Waals surface area contributed by atoms with E-state index >= 15 is 0 Å². The van der Waals surface area contributed by atoms with E-state index in [1.807, 2.05) is 18.2 Å². The number of carbonyl (C=O) groups excluding carboxylic acids is 1. The number of carbonyl (C=O) groups is 1. The molecule has 1 unspecified atom stereocenters. The normalized spacial score (nSPS) is 18.1. The zero-order valence-electron chi connectivity index (χ0n) is 11.8. The van der Waals surface area contributed by atoms with Gasteiger partial charge in [-0.1, -0.05) is 40.2 Å². The van der Waals surface area contributed by atoms with Gasteiger partial charge in [0.2, 0.25) is 5.91 Å². The molecule has 1 aliphatic heterocycles. The summed E-state index contributed by atoms with van der Waals surface area (Å²) in [6, 6.07) is 12.7. The SMILES string of the molecule is O=C(CCc1ccccc1Br)N1CCCC1c1cccs1. The standard InChI is InChI=1S/C17H18BrNOS/c18-14-6-2-1-5-13(14)9-10-17(20)19-11-3-7-15(19)16-8-4-12-21-16/h1-2,4-6,8,12,15H,3,7,9-11H2. The lowest BCUT2D eigenvalue weighted by atomic mass is 10.1. The van der Waals surface area contributed by atoms with E-state index in [1.165, 1.54) is 10.4 Å². The van der Waals surface area contributed by atoms with Gasteiger partial charge in [0.25, 0.3) is 0 Å². The third-order valence-electron chi connectivity index (χ3n) is 4.01. The number of halogens is 1. The number of rotatable bonds is 4. The molecule has 0 radical (unpaired) electrons. The smallest absolute Gasteiger partial charge is 0.223 e. The van der Waals surface area contributed by atoms with Crippen molar-refractivity contribution in [3.8, 4) is 0 Å². The van der Waals surface area contributed by atoms with Crippen molar-refractivity contribution in [2.75, 3.05) is 6.54 Å². The van der Waals surface area contributed by atoms with E-state index in [4.69, 9.17) is 0 Å². The molecule has 4 heteroatoms. The predicted octanol–water partition coefficient (Wildman–Crippen LogP) is 4.81. The fourth-order valence-electron chi connectivity index (χ4n) is 2.93. The van der Waals surface area contributed by atoms with Gasteiger partial charge in [0, 0.05) is 22.3 Å². The lowest BCUT2D eigenvalue weighted by molar-refractivity contribution is -0.132. The maximum atomic E-state index is 12.6. The first-order valence-electron chi connectivity index (χ1n) is 7.32. The largest absolute Gasteiger partial charge is 0.335 e. The third-order valence-corrected chi connectivity index (χ3v) is 5.76. The van der Waals surface area contributed by atoms with Crippen LogP contribution in [0.3, 0.4) is 0 Å². The van der Waals surface area contributed by atoms with Crippen LogP contribution in [0.4, 0.5) is 0 Å². The molecule has 0 saturated carbocycles. The molecule has 2 heterocycles. The van der Waals surface area contributed by atoms with Crippen molar-refractivity contribution < 1.29 is 4.79 Å². The van der Waals surface area contributed by atoms with Gasteiger partial charge >= 0.3 is 0 Å². The third kappa shape index (κ3) is 3.38. The van der Waals surface area contributed by atoms with Crippen molar-refractivity contribution in [1.29, 1.82) is 0 Å².